The van der Waals surface area contributed by atoms with Crippen LogP contribution in [0.4, 0.5) is 0 Å². The lowest BCUT2D eigenvalue weighted by Crippen LogP contribution is -2.55. The predicted molar refractivity (Wildman–Crippen MR) is 129 cm³/mol. The Bertz CT molecular complexity index is 733. The van der Waals surface area contributed by atoms with E-state index in [0.717, 1.165) is 58.0 Å². The van der Waals surface area contributed by atoms with Crippen LogP contribution in [0.1, 0.15) is 78.6 Å². The summed E-state index contributed by atoms with van der Waals surface area (Å²) < 4.78 is 24.1. The van der Waals surface area contributed by atoms with Gasteiger partial charge in [0, 0.05) is 20.1 Å². The molecule has 1 spiro atoms. The molecular formula is C26H44N2O6. The largest absolute Gasteiger partial charge is 0.460 e. The second-order valence-corrected chi connectivity index (χ2v) is 10.5. The van der Waals surface area contributed by atoms with Gasteiger partial charge in [-0.15, -0.1) is 0 Å². The number of ether oxygens (including phenoxy) is 4. The standard InChI is InChI=1S/C26H44N2O6/c1-18(2)11-12-20-25(3,34-20)24-23(31-4)19(13-14-26(24)17-32-26)33-22(30)10-8-6-5-7-9-15-28-21(29)16-27/h11,19-20,23-24H,5-10,12-17,27H2,1-4H3,(H,28,29)/t19?,20-,23?,24?,25+,26+/m1/s1. The number of methoxy groups -OCH3 is 1. The first-order valence-electron chi connectivity index (χ1n) is 12.9. The molecule has 2 aliphatic heterocycles. The summed E-state index contributed by atoms with van der Waals surface area (Å²) >= 11 is 0. The van der Waals surface area contributed by atoms with Gasteiger partial charge in [0.2, 0.25) is 5.91 Å². The summed E-state index contributed by atoms with van der Waals surface area (Å²) in [7, 11) is 1.70. The third kappa shape index (κ3) is 6.80. The molecule has 34 heavy (non-hydrogen) atoms. The molecule has 8 nitrogen and oxygen atoms in total. The van der Waals surface area contributed by atoms with Gasteiger partial charge in [-0.3, -0.25) is 9.59 Å². The SMILES string of the molecule is COC1C(OC(=O)CCCCCCCNC(=O)CN)CC[C@]2(CO2)C1[C@@]1(C)O[C@@H]1CC=C(C)C. The molecule has 3 rings (SSSR count). The molecule has 3 unspecified atom stereocenters. The highest BCUT2D eigenvalue weighted by molar-refractivity contribution is 5.77. The molecule has 0 bridgehead atoms. The molecule has 0 aromatic heterocycles. The highest BCUT2D eigenvalue weighted by Crippen LogP contribution is 2.59. The maximum atomic E-state index is 12.6. The highest BCUT2D eigenvalue weighted by Gasteiger charge is 2.72. The maximum Gasteiger partial charge on any atom is 0.306 e. The van der Waals surface area contributed by atoms with Crippen LogP contribution in [-0.4, -0.2) is 68.2 Å². The van der Waals surface area contributed by atoms with Gasteiger partial charge in [-0.25, -0.2) is 0 Å². The minimum atomic E-state index is -0.322. The van der Waals surface area contributed by atoms with Crippen LogP contribution < -0.4 is 11.1 Å². The Labute approximate surface area is 204 Å². The summed E-state index contributed by atoms with van der Waals surface area (Å²) in [6, 6.07) is 0. The van der Waals surface area contributed by atoms with Crippen LogP contribution in [0.15, 0.2) is 11.6 Å². The van der Waals surface area contributed by atoms with Crippen molar-refractivity contribution in [2.45, 2.75) is 108 Å². The third-order valence-electron chi connectivity index (χ3n) is 7.59. The van der Waals surface area contributed by atoms with Crippen LogP contribution in [0, 0.1) is 5.92 Å². The van der Waals surface area contributed by atoms with Crippen molar-refractivity contribution >= 4 is 11.9 Å². The molecule has 1 saturated carbocycles. The molecule has 3 fully saturated rings. The molecule has 0 aromatic rings. The summed E-state index contributed by atoms with van der Waals surface area (Å²) in [6.45, 7) is 7.77. The average molecular weight is 481 g/mol. The summed E-state index contributed by atoms with van der Waals surface area (Å²) in [4.78, 5) is 23.7. The van der Waals surface area contributed by atoms with Crippen molar-refractivity contribution < 1.29 is 28.5 Å². The fourth-order valence-electron chi connectivity index (χ4n) is 5.52. The second kappa shape index (κ2) is 12.0. The van der Waals surface area contributed by atoms with Gasteiger partial charge in [0.25, 0.3) is 0 Å². The van der Waals surface area contributed by atoms with E-state index < -0.39 is 0 Å². The number of unbranched alkanes of at least 4 members (excludes halogenated alkanes) is 4. The van der Waals surface area contributed by atoms with Gasteiger partial charge >= 0.3 is 5.97 Å². The predicted octanol–water partition coefficient (Wildman–Crippen LogP) is 3.02. The lowest BCUT2D eigenvalue weighted by Gasteiger charge is -2.42. The van der Waals surface area contributed by atoms with E-state index >= 15 is 0 Å². The number of hydrogen-bond donors (Lipinski definition) is 2. The first-order valence-corrected chi connectivity index (χ1v) is 12.9. The molecular weight excluding hydrogens is 436 g/mol. The average Bonchev–Trinajstić information content (AvgIpc) is 3.72. The quantitative estimate of drug-likeness (QED) is 0.170. The van der Waals surface area contributed by atoms with E-state index in [1.807, 2.05) is 0 Å². The molecule has 8 heteroatoms. The Morgan fingerprint density at radius 1 is 1.18 bits per heavy atom. The summed E-state index contributed by atoms with van der Waals surface area (Å²) in [6.07, 6.45) is 9.52. The Kier molecular flexibility index (Phi) is 9.55. The van der Waals surface area contributed by atoms with Crippen LogP contribution in [0.25, 0.3) is 0 Å². The molecule has 3 aliphatic rings. The van der Waals surface area contributed by atoms with E-state index in [0.29, 0.717) is 13.0 Å². The fraction of sp³-hybridized carbons (Fsp3) is 0.846. The molecule has 6 atom stereocenters. The monoisotopic (exact) mass is 480 g/mol. The van der Waals surface area contributed by atoms with Crippen molar-refractivity contribution in [1.29, 1.82) is 0 Å². The van der Waals surface area contributed by atoms with E-state index in [1.54, 1.807) is 7.11 Å². The van der Waals surface area contributed by atoms with Gasteiger partial charge < -0.3 is 30.0 Å². The number of amides is 1. The highest BCUT2D eigenvalue weighted by atomic mass is 16.6. The van der Waals surface area contributed by atoms with Gasteiger partial charge in [-0.1, -0.05) is 30.9 Å². The number of nitrogens with one attached hydrogen (secondary N) is 1. The Morgan fingerprint density at radius 3 is 2.53 bits per heavy atom. The normalized spacial score (nSPS) is 33.9. The van der Waals surface area contributed by atoms with E-state index in [2.05, 4.69) is 32.2 Å². The van der Waals surface area contributed by atoms with Gasteiger partial charge in [-0.2, -0.15) is 0 Å². The van der Waals surface area contributed by atoms with E-state index in [1.165, 1.54) is 5.57 Å². The van der Waals surface area contributed by atoms with Crippen LogP contribution in [0.3, 0.4) is 0 Å². The zero-order valence-electron chi connectivity index (χ0n) is 21.4. The minimum absolute atomic E-state index is 0.0323. The van der Waals surface area contributed by atoms with Crippen molar-refractivity contribution in [3.8, 4) is 0 Å². The zero-order valence-corrected chi connectivity index (χ0v) is 21.4. The molecule has 1 amide bonds. The van der Waals surface area contributed by atoms with Gasteiger partial charge in [-0.05, 0) is 52.9 Å². The van der Waals surface area contributed by atoms with Crippen LogP contribution >= 0.6 is 0 Å². The van der Waals surface area contributed by atoms with Crippen molar-refractivity contribution in [1.82, 2.24) is 5.32 Å². The van der Waals surface area contributed by atoms with E-state index in [-0.39, 0.29) is 53.9 Å². The number of allylic oxidation sites excluding steroid dienone is 1. The van der Waals surface area contributed by atoms with Gasteiger partial charge in [0.1, 0.15) is 23.4 Å². The van der Waals surface area contributed by atoms with E-state index in [4.69, 9.17) is 24.7 Å². The smallest absolute Gasteiger partial charge is 0.306 e. The minimum Gasteiger partial charge on any atom is -0.460 e. The van der Waals surface area contributed by atoms with Crippen LogP contribution in [-0.2, 0) is 28.5 Å². The number of rotatable bonds is 14. The van der Waals surface area contributed by atoms with Crippen LogP contribution in [0.2, 0.25) is 0 Å². The molecule has 3 N–H and O–H groups in total. The number of carbonyl (C=O) groups excluding carboxylic acids is 2. The Morgan fingerprint density at radius 2 is 1.88 bits per heavy atom. The zero-order chi connectivity index (χ0) is 24.8. The fourth-order valence-corrected chi connectivity index (χ4v) is 5.52. The third-order valence-corrected chi connectivity index (χ3v) is 7.59. The molecule has 2 heterocycles. The maximum absolute atomic E-state index is 12.6. The lowest BCUT2D eigenvalue weighted by molar-refractivity contribution is -0.172. The van der Waals surface area contributed by atoms with Crippen LogP contribution in [0.5, 0.6) is 0 Å². The second-order valence-electron chi connectivity index (χ2n) is 10.5. The van der Waals surface area contributed by atoms with Crippen molar-refractivity contribution in [3.63, 3.8) is 0 Å². The molecule has 2 saturated heterocycles. The lowest BCUT2D eigenvalue weighted by atomic mass is 9.68. The first kappa shape index (κ1) is 27.1. The summed E-state index contributed by atoms with van der Waals surface area (Å²) in [5.41, 5.74) is 6.02. The molecule has 0 radical (unpaired) electrons. The van der Waals surface area contributed by atoms with E-state index in [9.17, 15) is 9.59 Å². The topological polar surface area (TPSA) is 116 Å². The van der Waals surface area contributed by atoms with Crippen molar-refractivity contribution in [2.24, 2.45) is 11.7 Å². The number of epoxide rings is 2. The Balaban J connectivity index is 1.43. The Hall–Kier alpha value is -1.48. The van der Waals surface area contributed by atoms with Crippen molar-refractivity contribution in [2.75, 3.05) is 26.8 Å². The number of carbonyl (C=O) groups is 2. The summed E-state index contributed by atoms with van der Waals surface area (Å²) in [5.74, 6) is -0.226. The van der Waals surface area contributed by atoms with Gasteiger partial charge in [0.15, 0.2) is 0 Å². The van der Waals surface area contributed by atoms with Gasteiger partial charge in [0.05, 0.1) is 25.2 Å². The number of esters is 1. The molecule has 1 aliphatic carbocycles. The molecule has 194 valence electrons. The number of nitrogens with two attached hydrogens (primary N) is 1. The number of hydrogen-bond acceptors (Lipinski definition) is 7. The first-order chi connectivity index (χ1) is 16.3. The summed E-state index contributed by atoms with van der Waals surface area (Å²) in [5, 5.41) is 2.77. The molecule has 0 aromatic carbocycles. The van der Waals surface area contributed by atoms with Crippen molar-refractivity contribution in [3.05, 3.63) is 11.6 Å².